The van der Waals surface area contributed by atoms with Crippen LogP contribution in [0.15, 0.2) is 59.1 Å². The van der Waals surface area contributed by atoms with Crippen LogP contribution in [0.1, 0.15) is 25.2 Å². The van der Waals surface area contributed by atoms with Crippen LogP contribution in [0.3, 0.4) is 0 Å². The molecule has 0 bridgehead atoms. The summed E-state index contributed by atoms with van der Waals surface area (Å²) in [5.41, 5.74) is 2.02. The fourth-order valence-electron chi connectivity index (χ4n) is 3.19. The van der Waals surface area contributed by atoms with E-state index >= 15 is 0 Å². The molecule has 0 radical (unpaired) electrons. The van der Waals surface area contributed by atoms with Crippen molar-refractivity contribution in [2.75, 3.05) is 21.9 Å². The minimum absolute atomic E-state index is 0.00304. The van der Waals surface area contributed by atoms with Gasteiger partial charge >= 0.3 is 0 Å². The van der Waals surface area contributed by atoms with Gasteiger partial charge in [0.1, 0.15) is 0 Å². The van der Waals surface area contributed by atoms with Gasteiger partial charge in [0.25, 0.3) is 0 Å². The highest BCUT2D eigenvalue weighted by Crippen LogP contribution is 2.32. The maximum atomic E-state index is 12.4. The van der Waals surface area contributed by atoms with Crippen LogP contribution in [-0.2, 0) is 14.8 Å². The van der Waals surface area contributed by atoms with E-state index in [1.54, 1.807) is 36.1 Å². The molecule has 0 spiro atoms. The van der Waals surface area contributed by atoms with Gasteiger partial charge in [-0.05, 0) is 43.3 Å². The van der Waals surface area contributed by atoms with Crippen LogP contribution in [0.2, 0.25) is 0 Å². The smallest absolute Gasteiger partial charge is 0.232 e. The number of nitrogens with one attached hydrogen (secondary N) is 1. The van der Waals surface area contributed by atoms with Crippen LogP contribution in [0.4, 0.5) is 11.4 Å². The third-order valence-corrected chi connectivity index (χ3v) is 6.09. The SMILES string of the molecule is CCS(=O)(=O)Nc1ccc(-c2noc([C@@H]3CC(=O)N(c4ccccc4)C3)n2)cc1. The van der Waals surface area contributed by atoms with E-state index in [2.05, 4.69) is 14.9 Å². The Kier molecular flexibility index (Phi) is 5.06. The van der Waals surface area contributed by atoms with Gasteiger partial charge in [0.05, 0.1) is 11.7 Å². The molecule has 9 heteroatoms. The number of carbonyl (C=O) groups excluding carboxylic acids is 1. The first-order valence-electron chi connectivity index (χ1n) is 9.25. The molecular formula is C20H20N4O4S. The minimum atomic E-state index is -3.33. The van der Waals surface area contributed by atoms with Crippen molar-refractivity contribution in [1.82, 2.24) is 10.1 Å². The summed E-state index contributed by atoms with van der Waals surface area (Å²) in [6.45, 7) is 2.06. The van der Waals surface area contributed by atoms with Crippen LogP contribution in [-0.4, -0.2) is 36.8 Å². The van der Waals surface area contributed by atoms with Crippen molar-refractivity contribution in [2.45, 2.75) is 19.3 Å². The summed E-state index contributed by atoms with van der Waals surface area (Å²) in [6.07, 6.45) is 0.314. The van der Waals surface area contributed by atoms with E-state index in [1.165, 1.54) is 0 Å². The van der Waals surface area contributed by atoms with Crippen LogP contribution in [0.5, 0.6) is 0 Å². The van der Waals surface area contributed by atoms with Crippen molar-refractivity contribution in [3.8, 4) is 11.4 Å². The molecule has 8 nitrogen and oxygen atoms in total. The first kappa shape index (κ1) is 19.1. The Morgan fingerprint density at radius 2 is 1.86 bits per heavy atom. The predicted molar refractivity (Wildman–Crippen MR) is 109 cm³/mol. The maximum absolute atomic E-state index is 12.4. The van der Waals surface area contributed by atoms with E-state index in [9.17, 15) is 13.2 Å². The summed E-state index contributed by atoms with van der Waals surface area (Å²) in [5, 5.41) is 4.02. The number of anilines is 2. The number of sulfonamides is 1. The highest BCUT2D eigenvalue weighted by molar-refractivity contribution is 7.92. The van der Waals surface area contributed by atoms with E-state index in [1.807, 2.05) is 30.3 Å². The van der Waals surface area contributed by atoms with Gasteiger partial charge in [0.15, 0.2) is 0 Å². The molecule has 4 rings (SSSR count). The molecular weight excluding hydrogens is 392 g/mol. The number of benzene rings is 2. The standard InChI is InChI=1S/C20H20N4O4S/c1-2-29(26,27)23-16-10-8-14(9-11-16)19-21-20(28-22-19)15-12-18(25)24(13-15)17-6-4-3-5-7-17/h3-11,15,23H,2,12-13H2,1H3/t15-/m1/s1. The first-order chi connectivity index (χ1) is 13.9. The van der Waals surface area contributed by atoms with Crippen LogP contribution < -0.4 is 9.62 Å². The third-order valence-electron chi connectivity index (χ3n) is 4.78. The maximum Gasteiger partial charge on any atom is 0.232 e. The Balaban J connectivity index is 1.48. The zero-order chi connectivity index (χ0) is 20.4. The molecule has 150 valence electrons. The molecule has 0 saturated carbocycles. The van der Waals surface area contributed by atoms with E-state index < -0.39 is 10.0 Å². The number of aromatic nitrogens is 2. The van der Waals surface area contributed by atoms with Crippen LogP contribution in [0.25, 0.3) is 11.4 Å². The van der Waals surface area contributed by atoms with Gasteiger partial charge in [-0.3, -0.25) is 9.52 Å². The van der Waals surface area contributed by atoms with Crippen LogP contribution in [0, 0.1) is 0 Å². The van der Waals surface area contributed by atoms with E-state index in [0.717, 1.165) is 5.69 Å². The molecule has 3 aromatic rings. The van der Waals surface area contributed by atoms with Crippen molar-refractivity contribution in [3.63, 3.8) is 0 Å². The minimum Gasteiger partial charge on any atom is -0.339 e. The van der Waals surface area contributed by atoms with E-state index in [-0.39, 0.29) is 17.6 Å². The molecule has 1 aromatic heterocycles. The summed E-state index contributed by atoms with van der Waals surface area (Å²) in [7, 11) is -3.33. The number of rotatable bonds is 6. The Morgan fingerprint density at radius 1 is 1.14 bits per heavy atom. The Labute approximate surface area is 168 Å². The summed E-state index contributed by atoms with van der Waals surface area (Å²) < 4.78 is 31.2. The number of hydrogen-bond donors (Lipinski definition) is 1. The molecule has 2 heterocycles. The van der Waals surface area contributed by atoms with Crippen molar-refractivity contribution >= 4 is 27.3 Å². The highest BCUT2D eigenvalue weighted by Gasteiger charge is 2.35. The highest BCUT2D eigenvalue weighted by atomic mass is 32.2. The molecule has 29 heavy (non-hydrogen) atoms. The van der Waals surface area contributed by atoms with Gasteiger partial charge < -0.3 is 9.42 Å². The molecule has 1 fully saturated rings. The largest absolute Gasteiger partial charge is 0.339 e. The number of hydrogen-bond acceptors (Lipinski definition) is 6. The molecule has 0 aliphatic carbocycles. The van der Waals surface area contributed by atoms with Gasteiger partial charge in [-0.15, -0.1) is 0 Å². The topological polar surface area (TPSA) is 105 Å². The molecule has 1 aliphatic heterocycles. The summed E-state index contributed by atoms with van der Waals surface area (Å²) in [5.74, 6) is 0.675. The Morgan fingerprint density at radius 3 is 2.55 bits per heavy atom. The molecule has 2 aromatic carbocycles. The number of carbonyl (C=O) groups is 1. The van der Waals surface area contributed by atoms with Crippen molar-refractivity contribution in [1.29, 1.82) is 0 Å². The van der Waals surface area contributed by atoms with Gasteiger partial charge in [-0.25, -0.2) is 8.42 Å². The zero-order valence-corrected chi connectivity index (χ0v) is 16.6. The predicted octanol–water partition coefficient (Wildman–Crippen LogP) is 3.02. The van der Waals surface area contributed by atoms with E-state index in [4.69, 9.17) is 4.52 Å². The fraction of sp³-hybridized carbons (Fsp3) is 0.250. The molecule has 1 atom stereocenters. The summed E-state index contributed by atoms with van der Waals surface area (Å²) in [4.78, 5) is 18.6. The molecule has 1 aliphatic rings. The average Bonchev–Trinajstić information content (AvgIpc) is 3.36. The van der Waals surface area contributed by atoms with Gasteiger partial charge in [0.2, 0.25) is 27.6 Å². The monoisotopic (exact) mass is 412 g/mol. The third kappa shape index (κ3) is 4.14. The second-order valence-corrected chi connectivity index (χ2v) is 8.79. The summed E-state index contributed by atoms with van der Waals surface area (Å²) >= 11 is 0. The summed E-state index contributed by atoms with van der Waals surface area (Å²) in [6, 6.07) is 16.2. The normalized spacial score (nSPS) is 16.9. The first-order valence-corrected chi connectivity index (χ1v) is 10.9. The number of amides is 1. The van der Waals surface area contributed by atoms with Gasteiger partial charge in [-0.2, -0.15) is 4.98 Å². The lowest BCUT2D eigenvalue weighted by Gasteiger charge is -2.15. The molecule has 0 unspecified atom stereocenters. The lowest BCUT2D eigenvalue weighted by Crippen LogP contribution is -2.24. The van der Waals surface area contributed by atoms with Gasteiger partial charge in [-0.1, -0.05) is 23.4 Å². The van der Waals surface area contributed by atoms with Crippen molar-refractivity contribution in [3.05, 3.63) is 60.5 Å². The van der Waals surface area contributed by atoms with Crippen molar-refractivity contribution in [2.24, 2.45) is 0 Å². The molecule has 1 N–H and O–H groups in total. The average molecular weight is 412 g/mol. The second kappa shape index (κ2) is 7.67. The second-order valence-electron chi connectivity index (χ2n) is 6.78. The lowest BCUT2D eigenvalue weighted by atomic mass is 10.1. The molecule has 1 amide bonds. The quantitative estimate of drug-likeness (QED) is 0.667. The lowest BCUT2D eigenvalue weighted by molar-refractivity contribution is -0.117. The number of nitrogens with zero attached hydrogens (tertiary/aromatic N) is 3. The van der Waals surface area contributed by atoms with Crippen molar-refractivity contribution < 1.29 is 17.7 Å². The molecule has 1 saturated heterocycles. The van der Waals surface area contributed by atoms with Gasteiger partial charge in [0, 0.05) is 29.9 Å². The Bertz CT molecular complexity index is 1110. The van der Waals surface area contributed by atoms with E-state index in [0.29, 0.717) is 35.9 Å². The fourth-order valence-corrected chi connectivity index (χ4v) is 3.83. The number of para-hydroxylation sites is 1. The zero-order valence-electron chi connectivity index (χ0n) is 15.8. The Hall–Kier alpha value is -3.20. The van der Waals surface area contributed by atoms with Crippen LogP contribution >= 0.6 is 0 Å².